The normalized spacial score (nSPS) is 10.0. The number of pyridine rings is 1. The Bertz CT molecular complexity index is 833. The Labute approximate surface area is 123 Å². The first-order valence-corrected chi connectivity index (χ1v) is 6.55. The molecule has 21 heavy (non-hydrogen) atoms. The van der Waals surface area contributed by atoms with E-state index < -0.39 is 7.12 Å². The maximum Gasteiger partial charge on any atom is 0.488 e. The van der Waals surface area contributed by atoms with Crippen molar-refractivity contribution in [2.45, 2.75) is 0 Å². The molecule has 3 nitrogen and oxygen atoms in total. The molecule has 4 heteroatoms. The van der Waals surface area contributed by atoms with E-state index in [2.05, 4.69) is 16.8 Å². The van der Waals surface area contributed by atoms with Crippen molar-refractivity contribution in [3.05, 3.63) is 71.9 Å². The molecule has 0 aliphatic rings. The molecule has 0 atom stereocenters. The molecule has 1 aromatic heterocycles. The van der Waals surface area contributed by atoms with Crippen molar-refractivity contribution in [2.24, 2.45) is 0 Å². The van der Waals surface area contributed by atoms with Gasteiger partial charge in [0.25, 0.3) is 0 Å². The molecular formula is C17H12BNO2. The van der Waals surface area contributed by atoms with Crippen molar-refractivity contribution in [1.29, 1.82) is 0 Å². The fourth-order valence-corrected chi connectivity index (χ4v) is 2.02. The molecule has 3 rings (SSSR count). The summed E-state index contributed by atoms with van der Waals surface area (Å²) in [4.78, 5) is 4.36. The number of rotatable bonds is 1. The molecular weight excluding hydrogens is 261 g/mol. The van der Waals surface area contributed by atoms with Gasteiger partial charge in [0, 0.05) is 22.7 Å². The third-order valence-corrected chi connectivity index (χ3v) is 3.15. The van der Waals surface area contributed by atoms with Gasteiger partial charge in [0.1, 0.15) is 0 Å². The molecule has 100 valence electrons. The highest BCUT2D eigenvalue weighted by Gasteiger charge is 2.08. The summed E-state index contributed by atoms with van der Waals surface area (Å²) in [6.07, 6.45) is 1.75. The van der Waals surface area contributed by atoms with Crippen LogP contribution in [0.2, 0.25) is 0 Å². The van der Waals surface area contributed by atoms with Crippen molar-refractivity contribution >= 4 is 23.5 Å². The Morgan fingerprint density at radius 1 is 0.857 bits per heavy atom. The second-order valence-corrected chi connectivity index (χ2v) is 4.66. The molecule has 2 aromatic carbocycles. The van der Waals surface area contributed by atoms with Crippen molar-refractivity contribution in [3.8, 4) is 11.8 Å². The van der Waals surface area contributed by atoms with Crippen molar-refractivity contribution < 1.29 is 10.0 Å². The lowest BCUT2D eigenvalue weighted by molar-refractivity contribution is 0.426. The molecule has 0 saturated carbocycles. The lowest BCUT2D eigenvalue weighted by atomic mass is 9.80. The number of hydrogen-bond donors (Lipinski definition) is 2. The summed E-state index contributed by atoms with van der Waals surface area (Å²) in [7, 11) is -1.45. The van der Waals surface area contributed by atoms with Crippen LogP contribution < -0.4 is 5.46 Å². The summed E-state index contributed by atoms with van der Waals surface area (Å²) in [6, 6.07) is 16.7. The Morgan fingerprint density at radius 2 is 1.57 bits per heavy atom. The Balaban J connectivity index is 1.88. The summed E-state index contributed by atoms with van der Waals surface area (Å²) >= 11 is 0. The van der Waals surface area contributed by atoms with Gasteiger partial charge in [-0.15, -0.1) is 0 Å². The molecule has 0 radical (unpaired) electrons. The van der Waals surface area contributed by atoms with Crippen LogP contribution in [-0.4, -0.2) is 22.2 Å². The van der Waals surface area contributed by atoms with Crippen LogP contribution in [0.1, 0.15) is 11.1 Å². The topological polar surface area (TPSA) is 53.4 Å². The summed E-state index contributed by atoms with van der Waals surface area (Å²) in [5.74, 6) is 6.10. The van der Waals surface area contributed by atoms with Crippen molar-refractivity contribution in [3.63, 3.8) is 0 Å². The lowest BCUT2D eigenvalue weighted by Gasteiger charge is -1.98. The predicted molar refractivity (Wildman–Crippen MR) is 84.0 cm³/mol. The van der Waals surface area contributed by atoms with Crippen LogP contribution in [0.4, 0.5) is 0 Å². The maximum atomic E-state index is 9.03. The molecule has 2 N–H and O–H groups in total. The Morgan fingerprint density at radius 3 is 2.33 bits per heavy atom. The number of aromatic nitrogens is 1. The van der Waals surface area contributed by atoms with Crippen LogP contribution in [0.3, 0.4) is 0 Å². The van der Waals surface area contributed by atoms with Crippen LogP contribution in [0.15, 0.2) is 60.8 Å². The van der Waals surface area contributed by atoms with Crippen LogP contribution in [0.5, 0.6) is 0 Å². The summed E-state index contributed by atoms with van der Waals surface area (Å²) < 4.78 is 0. The van der Waals surface area contributed by atoms with Gasteiger partial charge in [-0.3, -0.25) is 4.98 Å². The smallest absolute Gasteiger partial charge is 0.423 e. The maximum absolute atomic E-state index is 9.03. The van der Waals surface area contributed by atoms with Gasteiger partial charge in [-0.05, 0) is 29.7 Å². The second-order valence-electron chi connectivity index (χ2n) is 4.66. The molecule has 0 unspecified atom stereocenters. The summed E-state index contributed by atoms with van der Waals surface area (Å²) in [6.45, 7) is 0. The Hall–Kier alpha value is -2.61. The van der Waals surface area contributed by atoms with E-state index in [9.17, 15) is 0 Å². The van der Waals surface area contributed by atoms with E-state index in [0.717, 1.165) is 22.0 Å². The quantitative estimate of drug-likeness (QED) is 0.519. The molecule has 3 aromatic rings. The first-order valence-electron chi connectivity index (χ1n) is 6.55. The van der Waals surface area contributed by atoms with E-state index in [1.807, 2.05) is 30.3 Å². The summed E-state index contributed by atoms with van der Waals surface area (Å²) in [5.41, 5.74) is 3.06. The highest BCUT2D eigenvalue weighted by molar-refractivity contribution is 6.58. The van der Waals surface area contributed by atoms with Gasteiger partial charge in [0.05, 0.1) is 5.52 Å². The number of benzene rings is 2. The summed E-state index contributed by atoms with van der Waals surface area (Å²) in [5, 5.41) is 19.1. The van der Waals surface area contributed by atoms with E-state index in [1.165, 1.54) is 0 Å². The van der Waals surface area contributed by atoms with Crippen molar-refractivity contribution in [1.82, 2.24) is 4.98 Å². The van der Waals surface area contributed by atoms with E-state index in [-0.39, 0.29) is 0 Å². The number of nitrogens with zero attached hydrogens (tertiary/aromatic N) is 1. The third-order valence-electron chi connectivity index (χ3n) is 3.15. The molecule has 0 aliphatic heterocycles. The van der Waals surface area contributed by atoms with Gasteiger partial charge in [-0.2, -0.15) is 0 Å². The van der Waals surface area contributed by atoms with Gasteiger partial charge in [0.2, 0.25) is 0 Å². The monoisotopic (exact) mass is 273 g/mol. The fraction of sp³-hybridized carbons (Fsp3) is 0. The predicted octanol–water partition coefficient (Wildman–Crippen LogP) is 1.31. The first-order chi connectivity index (χ1) is 10.2. The minimum absolute atomic E-state index is 0.452. The number of fused-ring (bicyclic) bond motifs is 1. The zero-order chi connectivity index (χ0) is 14.7. The average molecular weight is 273 g/mol. The van der Waals surface area contributed by atoms with Crippen LogP contribution >= 0.6 is 0 Å². The highest BCUT2D eigenvalue weighted by Crippen LogP contribution is 2.11. The van der Waals surface area contributed by atoms with Crippen molar-refractivity contribution in [2.75, 3.05) is 0 Å². The van der Waals surface area contributed by atoms with E-state index in [1.54, 1.807) is 30.5 Å². The minimum atomic E-state index is -1.45. The SMILES string of the molecule is OB(O)c1ccc(C#Cc2cnc3ccccc3c2)cc1. The second kappa shape index (κ2) is 5.80. The van der Waals surface area contributed by atoms with Crippen LogP contribution in [-0.2, 0) is 0 Å². The third kappa shape index (κ3) is 3.11. The first kappa shape index (κ1) is 13.4. The highest BCUT2D eigenvalue weighted by atomic mass is 16.4. The zero-order valence-corrected chi connectivity index (χ0v) is 11.2. The fourth-order valence-electron chi connectivity index (χ4n) is 2.02. The molecule has 1 heterocycles. The number of para-hydroxylation sites is 1. The molecule has 0 fully saturated rings. The van der Waals surface area contributed by atoms with Crippen LogP contribution in [0, 0.1) is 11.8 Å². The molecule has 0 bridgehead atoms. The van der Waals surface area contributed by atoms with Gasteiger partial charge in [0.15, 0.2) is 0 Å². The molecule has 0 spiro atoms. The lowest BCUT2D eigenvalue weighted by Crippen LogP contribution is -2.29. The van der Waals surface area contributed by atoms with Crippen LogP contribution in [0.25, 0.3) is 10.9 Å². The van der Waals surface area contributed by atoms with Gasteiger partial charge < -0.3 is 10.0 Å². The van der Waals surface area contributed by atoms with Gasteiger partial charge >= 0.3 is 7.12 Å². The average Bonchev–Trinajstić information content (AvgIpc) is 2.53. The zero-order valence-electron chi connectivity index (χ0n) is 11.2. The van der Waals surface area contributed by atoms with E-state index in [4.69, 9.17) is 10.0 Å². The van der Waals surface area contributed by atoms with E-state index in [0.29, 0.717) is 5.46 Å². The molecule has 0 saturated heterocycles. The minimum Gasteiger partial charge on any atom is -0.423 e. The van der Waals surface area contributed by atoms with Gasteiger partial charge in [-0.25, -0.2) is 0 Å². The molecule has 0 amide bonds. The molecule has 0 aliphatic carbocycles. The van der Waals surface area contributed by atoms with E-state index >= 15 is 0 Å². The standard InChI is InChI=1S/C17H12BNO2/c20-18(21)16-9-7-13(8-10-16)5-6-14-11-15-3-1-2-4-17(15)19-12-14/h1-4,7-12,20-21H. The number of hydrogen-bond acceptors (Lipinski definition) is 3. The van der Waals surface area contributed by atoms with Gasteiger partial charge in [-0.1, -0.05) is 42.2 Å². The largest absolute Gasteiger partial charge is 0.488 e. The Kier molecular flexibility index (Phi) is 3.70.